The summed E-state index contributed by atoms with van der Waals surface area (Å²) in [7, 11) is 0. The zero-order chi connectivity index (χ0) is 9.10. The third kappa shape index (κ3) is 2.61. The quantitative estimate of drug-likeness (QED) is 0.755. The molecule has 2 fully saturated rings. The van der Waals surface area contributed by atoms with Gasteiger partial charge in [-0.3, -0.25) is 0 Å². The molecule has 1 heterocycles. The van der Waals surface area contributed by atoms with Gasteiger partial charge in [0.25, 0.3) is 0 Å². The summed E-state index contributed by atoms with van der Waals surface area (Å²) < 4.78 is 5.54. The van der Waals surface area contributed by atoms with Crippen LogP contribution in [-0.4, -0.2) is 35.4 Å². The highest BCUT2D eigenvalue weighted by Gasteiger charge is 2.27. The molecule has 1 N–H and O–H groups in total. The second kappa shape index (κ2) is 4.67. The van der Waals surface area contributed by atoms with Gasteiger partial charge in [-0.15, -0.1) is 0 Å². The van der Waals surface area contributed by atoms with Crippen molar-refractivity contribution in [3.8, 4) is 0 Å². The first-order valence-corrected chi connectivity index (χ1v) is 6.39. The fourth-order valence-electron chi connectivity index (χ4n) is 1.95. The Labute approximate surface area is 84.0 Å². The summed E-state index contributed by atoms with van der Waals surface area (Å²) in [6.07, 6.45) is 4.86. The van der Waals surface area contributed by atoms with E-state index < -0.39 is 0 Å². The van der Waals surface area contributed by atoms with E-state index in [0.717, 1.165) is 30.5 Å². The Balaban J connectivity index is 1.70. The van der Waals surface area contributed by atoms with Gasteiger partial charge >= 0.3 is 0 Å². The summed E-state index contributed by atoms with van der Waals surface area (Å²) >= 11 is 1.90. The fraction of sp³-hybridized carbons (Fsp3) is 1.00. The van der Waals surface area contributed by atoms with Gasteiger partial charge in [-0.25, -0.2) is 0 Å². The summed E-state index contributed by atoms with van der Waals surface area (Å²) in [5.41, 5.74) is 0. The first kappa shape index (κ1) is 9.81. The lowest BCUT2D eigenvalue weighted by Crippen LogP contribution is -2.37. The number of aliphatic hydroxyl groups excluding tert-OH is 1. The Morgan fingerprint density at radius 3 is 2.85 bits per heavy atom. The highest BCUT2D eigenvalue weighted by Crippen LogP contribution is 2.32. The average Bonchev–Trinajstić information content (AvgIpc) is 2.12. The van der Waals surface area contributed by atoms with Crippen LogP contribution in [0, 0.1) is 5.92 Å². The molecule has 1 saturated carbocycles. The van der Waals surface area contributed by atoms with Crippen molar-refractivity contribution in [1.29, 1.82) is 0 Å². The van der Waals surface area contributed by atoms with E-state index in [1.165, 1.54) is 19.3 Å². The van der Waals surface area contributed by atoms with E-state index >= 15 is 0 Å². The van der Waals surface area contributed by atoms with Crippen molar-refractivity contribution in [3.05, 3.63) is 0 Å². The lowest BCUT2D eigenvalue weighted by molar-refractivity contribution is -0.0361. The van der Waals surface area contributed by atoms with Gasteiger partial charge in [-0.05, 0) is 12.3 Å². The number of hydrogen-bond donors (Lipinski definition) is 1. The van der Waals surface area contributed by atoms with Crippen LogP contribution in [0.15, 0.2) is 0 Å². The number of rotatable bonds is 3. The van der Waals surface area contributed by atoms with Crippen LogP contribution in [0.3, 0.4) is 0 Å². The highest BCUT2D eigenvalue weighted by atomic mass is 32.2. The Kier molecular flexibility index (Phi) is 3.52. The molecule has 2 unspecified atom stereocenters. The van der Waals surface area contributed by atoms with Crippen molar-refractivity contribution in [2.75, 3.05) is 18.1 Å². The molecular weight excluding hydrogens is 184 g/mol. The minimum absolute atomic E-state index is 0.111. The van der Waals surface area contributed by atoms with E-state index in [9.17, 15) is 5.11 Å². The summed E-state index contributed by atoms with van der Waals surface area (Å²) in [5, 5.41) is 9.87. The number of aliphatic hydroxyl groups is 1. The van der Waals surface area contributed by atoms with Gasteiger partial charge < -0.3 is 9.84 Å². The van der Waals surface area contributed by atoms with Crippen LogP contribution in [0.5, 0.6) is 0 Å². The van der Waals surface area contributed by atoms with Crippen LogP contribution in [0.25, 0.3) is 0 Å². The molecule has 0 bridgehead atoms. The zero-order valence-electron chi connectivity index (χ0n) is 7.95. The molecule has 2 atom stereocenters. The van der Waals surface area contributed by atoms with Crippen molar-refractivity contribution >= 4 is 11.8 Å². The molecule has 3 heteroatoms. The fourth-order valence-corrected chi connectivity index (χ4v) is 2.88. The predicted molar refractivity (Wildman–Crippen MR) is 55.0 cm³/mol. The summed E-state index contributed by atoms with van der Waals surface area (Å²) in [5.74, 6) is 2.85. The Hall–Kier alpha value is 0.270. The third-order valence-electron chi connectivity index (χ3n) is 3.07. The van der Waals surface area contributed by atoms with Crippen molar-refractivity contribution in [1.82, 2.24) is 0 Å². The second-order valence-corrected chi connectivity index (χ2v) is 5.23. The summed E-state index contributed by atoms with van der Waals surface area (Å²) in [4.78, 5) is 0. The average molecular weight is 202 g/mol. The van der Waals surface area contributed by atoms with Gasteiger partial charge in [0.2, 0.25) is 0 Å². The van der Waals surface area contributed by atoms with Gasteiger partial charge in [0.05, 0.1) is 18.8 Å². The molecule has 1 aliphatic heterocycles. The van der Waals surface area contributed by atoms with Gasteiger partial charge in [-0.2, -0.15) is 11.8 Å². The lowest BCUT2D eigenvalue weighted by Gasteiger charge is -2.32. The molecule has 1 saturated heterocycles. The van der Waals surface area contributed by atoms with Crippen molar-refractivity contribution in [3.63, 3.8) is 0 Å². The number of ether oxygens (including phenoxy) is 1. The summed E-state index contributed by atoms with van der Waals surface area (Å²) in [6.45, 7) is 0.817. The van der Waals surface area contributed by atoms with E-state index in [2.05, 4.69) is 0 Å². The molecule has 0 radical (unpaired) electrons. The molecule has 76 valence electrons. The van der Waals surface area contributed by atoms with Crippen LogP contribution < -0.4 is 0 Å². The van der Waals surface area contributed by atoms with Gasteiger partial charge in [0.1, 0.15) is 0 Å². The van der Waals surface area contributed by atoms with Crippen LogP contribution in [-0.2, 0) is 4.74 Å². The van der Waals surface area contributed by atoms with Crippen LogP contribution in [0.1, 0.15) is 25.7 Å². The minimum Gasteiger partial charge on any atom is -0.390 e. The molecule has 2 rings (SSSR count). The predicted octanol–water partition coefficient (Wildman–Crippen LogP) is 1.67. The molecule has 2 aliphatic rings. The molecule has 0 spiro atoms. The van der Waals surface area contributed by atoms with E-state index in [1.807, 2.05) is 11.8 Å². The largest absolute Gasteiger partial charge is 0.390 e. The first-order chi connectivity index (χ1) is 6.36. The number of hydrogen-bond acceptors (Lipinski definition) is 3. The van der Waals surface area contributed by atoms with E-state index in [-0.39, 0.29) is 12.2 Å². The number of thioether (sulfide) groups is 1. The smallest absolute Gasteiger partial charge is 0.0924 e. The standard InChI is InChI=1S/C10H18O2S/c11-9(6-8-2-1-3-8)10-7-13-5-4-12-10/h8-11H,1-7H2. The maximum absolute atomic E-state index is 9.87. The lowest BCUT2D eigenvalue weighted by atomic mass is 9.81. The monoisotopic (exact) mass is 202 g/mol. The van der Waals surface area contributed by atoms with Crippen LogP contribution >= 0.6 is 11.8 Å². The van der Waals surface area contributed by atoms with Crippen molar-refractivity contribution < 1.29 is 9.84 Å². The molecular formula is C10H18O2S. The Morgan fingerprint density at radius 1 is 1.46 bits per heavy atom. The highest BCUT2D eigenvalue weighted by molar-refractivity contribution is 7.99. The van der Waals surface area contributed by atoms with Gasteiger partial charge in [0.15, 0.2) is 0 Å². The molecule has 0 aromatic rings. The Morgan fingerprint density at radius 2 is 2.31 bits per heavy atom. The zero-order valence-corrected chi connectivity index (χ0v) is 8.76. The molecule has 2 nitrogen and oxygen atoms in total. The summed E-state index contributed by atoms with van der Waals surface area (Å²) in [6, 6.07) is 0. The Bertz CT molecular complexity index is 153. The minimum atomic E-state index is -0.210. The van der Waals surface area contributed by atoms with Gasteiger partial charge in [-0.1, -0.05) is 19.3 Å². The third-order valence-corrected chi connectivity index (χ3v) is 4.09. The maximum Gasteiger partial charge on any atom is 0.0924 e. The van der Waals surface area contributed by atoms with E-state index in [4.69, 9.17) is 4.74 Å². The van der Waals surface area contributed by atoms with Crippen molar-refractivity contribution in [2.45, 2.75) is 37.9 Å². The topological polar surface area (TPSA) is 29.5 Å². The van der Waals surface area contributed by atoms with E-state index in [1.54, 1.807) is 0 Å². The van der Waals surface area contributed by atoms with Crippen LogP contribution in [0.4, 0.5) is 0 Å². The second-order valence-electron chi connectivity index (χ2n) is 4.08. The molecule has 0 aromatic carbocycles. The molecule has 0 aromatic heterocycles. The maximum atomic E-state index is 9.87. The SMILES string of the molecule is OC(CC1CCC1)C1CSCCO1. The normalized spacial score (nSPS) is 32.5. The first-order valence-electron chi connectivity index (χ1n) is 5.23. The molecule has 1 aliphatic carbocycles. The van der Waals surface area contributed by atoms with E-state index in [0.29, 0.717) is 0 Å². The van der Waals surface area contributed by atoms with Gasteiger partial charge in [0, 0.05) is 11.5 Å². The molecule has 13 heavy (non-hydrogen) atoms. The molecule has 0 amide bonds. The van der Waals surface area contributed by atoms with Crippen LogP contribution in [0.2, 0.25) is 0 Å². The van der Waals surface area contributed by atoms with Crippen molar-refractivity contribution in [2.24, 2.45) is 5.92 Å².